The molecule has 0 aliphatic heterocycles. The lowest BCUT2D eigenvalue weighted by Crippen LogP contribution is -2.37. The van der Waals surface area contributed by atoms with Crippen molar-refractivity contribution in [3.05, 3.63) is 0 Å². The summed E-state index contributed by atoms with van der Waals surface area (Å²) in [6.45, 7) is 8.18. The van der Waals surface area contributed by atoms with Gasteiger partial charge in [-0.1, -0.05) is 27.7 Å². The van der Waals surface area contributed by atoms with Gasteiger partial charge in [0.25, 0.3) is 0 Å². The van der Waals surface area contributed by atoms with E-state index in [0.29, 0.717) is 6.42 Å². The Morgan fingerprint density at radius 2 is 1.89 bits per heavy atom. The van der Waals surface area contributed by atoms with Crippen LogP contribution in [0.15, 0.2) is 0 Å². The average molecular weight is 258 g/mol. The third-order valence-electron chi connectivity index (χ3n) is 2.71. The first-order valence-corrected chi connectivity index (χ1v) is 6.40. The Morgan fingerprint density at radius 3 is 2.28 bits per heavy atom. The van der Waals surface area contributed by atoms with E-state index in [-0.39, 0.29) is 30.3 Å². The molecule has 2 atom stereocenters. The van der Waals surface area contributed by atoms with E-state index >= 15 is 0 Å². The van der Waals surface area contributed by atoms with Crippen LogP contribution in [0.1, 0.15) is 47.0 Å². The summed E-state index contributed by atoms with van der Waals surface area (Å²) in [6.07, 6.45) is 1.51. The number of nitrogens with two attached hydrogens (primary N) is 1. The fourth-order valence-corrected chi connectivity index (χ4v) is 1.81. The Hall–Kier alpha value is -1.10. The maximum Gasteiger partial charge on any atom is 0.308 e. The van der Waals surface area contributed by atoms with Crippen LogP contribution in [0.25, 0.3) is 0 Å². The molecule has 0 aliphatic carbocycles. The van der Waals surface area contributed by atoms with Crippen molar-refractivity contribution < 1.29 is 14.7 Å². The highest BCUT2D eigenvalue weighted by atomic mass is 16.4. The van der Waals surface area contributed by atoms with Gasteiger partial charge in [-0.25, -0.2) is 0 Å². The Kier molecular flexibility index (Phi) is 6.91. The molecule has 4 N–H and O–H groups in total. The van der Waals surface area contributed by atoms with Crippen LogP contribution < -0.4 is 11.1 Å². The third kappa shape index (κ3) is 8.06. The quantitative estimate of drug-likeness (QED) is 0.643. The second kappa shape index (κ2) is 7.36. The summed E-state index contributed by atoms with van der Waals surface area (Å²) in [6, 6.07) is -0.185. The van der Waals surface area contributed by atoms with Gasteiger partial charge in [-0.2, -0.15) is 0 Å². The van der Waals surface area contributed by atoms with E-state index in [1.165, 1.54) is 0 Å². The lowest BCUT2D eigenvalue weighted by Gasteiger charge is -2.22. The molecule has 0 saturated heterocycles. The lowest BCUT2D eigenvalue weighted by atomic mass is 9.87. The molecular weight excluding hydrogens is 232 g/mol. The van der Waals surface area contributed by atoms with E-state index in [4.69, 9.17) is 10.8 Å². The maximum absolute atomic E-state index is 11.6. The van der Waals surface area contributed by atoms with Gasteiger partial charge in [-0.3, -0.25) is 9.59 Å². The van der Waals surface area contributed by atoms with Gasteiger partial charge in [0.2, 0.25) is 5.91 Å². The minimum Gasteiger partial charge on any atom is -0.481 e. The average Bonchev–Trinajstić information content (AvgIpc) is 2.14. The summed E-state index contributed by atoms with van der Waals surface area (Å²) in [5, 5.41) is 11.5. The molecule has 2 unspecified atom stereocenters. The van der Waals surface area contributed by atoms with E-state index in [1.807, 2.05) is 0 Å². The lowest BCUT2D eigenvalue weighted by molar-refractivity contribution is -0.141. The first-order chi connectivity index (χ1) is 8.15. The molecule has 0 fully saturated rings. The van der Waals surface area contributed by atoms with Crippen molar-refractivity contribution in [2.75, 3.05) is 6.54 Å². The summed E-state index contributed by atoms with van der Waals surface area (Å²) in [5.41, 5.74) is 5.97. The summed E-state index contributed by atoms with van der Waals surface area (Å²) in [7, 11) is 0. The maximum atomic E-state index is 11.6. The number of hydrogen-bond donors (Lipinski definition) is 3. The highest BCUT2D eigenvalue weighted by Gasteiger charge is 2.20. The van der Waals surface area contributed by atoms with Crippen LogP contribution in [-0.4, -0.2) is 29.6 Å². The van der Waals surface area contributed by atoms with E-state index in [9.17, 15) is 9.59 Å². The molecule has 5 nitrogen and oxygen atoms in total. The number of carboxylic acids is 1. The van der Waals surface area contributed by atoms with Gasteiger partial charge in [0.15, 0.2) is 0 Å². The molecule has 0 heterocycles. The van der Waals surface area contributed by atoms with Crippen LogP contribution in [0.2, 0.25) is 0 Å². The summed E-state index contributed by atoms with van der Waals surface area (Å²) in [5.74, 6) is -1.57. The predicted molar refractivity (Wildman–Crippen MR) is 71.1 cm³/mol. The first kappa shape index (κ1) is 16.9. The third-order valence-corrected chi connectivity index (χ3v) is 2.71. The highest BCUT2D eigenvalue weighted by molar-refractivity contribution is 5.77. The van der Waals surface area contributed by atoms with Crippen molar-refractivity contribution in [3.63, 3.8) is 0 Å². The minimum absolute atomic E-state index is 0.0900. The SMILES string of the molecule is CCC(CNC(=O)CC(N)CC(C)(C)C)C(=O)O. The van der Waals surface area contributed by atoms with Gasteiger partial charge in [-0.15, -0.1) is 0 Å². The van der Waals surface area contributed by atoms with E-state index < -0.39 is 11.9 Å². The van der Waals surface area contributed by atoms with Gasteiger partial charge in [0.1, 0.15) is 0 Å². The zero-order valence-electron chi connectivity index (χ0n) is 11.8. The molecule has 0 aromatic heterocycles. The number of rotatable bonds is 7. The molecule has 1 amide bonds. The van der Waals surface area contributed by atoms with Gasteiger partial charge >= 0.3 is 5.97 Å². The molecule has 0 aromatic carbocycles. The molecule has 106 valence electrons. The normalized spacial score (nSPS) is 14.9. The van der Waals surface area contributed by atoms with E-state index in [2.05, 4.69) is 26.1 Å². The molecular formula is C13H26N2O3. The number of carbonyl (C=O) groups is 2. The Morgan fingerprint density at radius 1 is 1.33 bits per heavy atom. The minimum atomic E-state index is -0.878. The molecule has 0 spiro atoms. The van der Waals surface area contributed by atoms with Crippen molar-refractivity contribution in [1.82, 2.24) is 5.32 Å². The standard InChI is InChI=1S/C13H26N2O3/c1-5-9(12(17)18)8-15-11(16)6-10(14)7-13(2,3)4/h9-10H,5-8,14H2,1-4H3,(H,15,16)(H,17,18). The van der Waals surface area contributed by atoms with Gasteiger partial charge in [-0.05, 0) is 18.3 Å². The molecule has 0 radical (unpaired) electrons. The highest BCUT2D eigenvalue weighted by Crippen LogP contribution is 2.20. The summed E-state index contributed by atoms with van der Waals surface area (Å²) < 4.78 is 0. The Bertz CT molecular complexity index is 284. The van der Waals surface area contributed by atoms with Crippen LogP contribution >= 0.6 is 0 Å². The Balaban J connectivity index is 4.01. The van der Waals surface area contributed by atoms with Crippen molar-refractivity contribution >= 4 is 11.9 Å². The molecule has 0 saturated carbocycles. The number of amides is 1. The summed E-state index contributed by atoms with van der Waals surface area (Å²) >= 11 is 0. The van der Waals surface area contributed by atoms with E-state index in [1.54, 1.807) is 6.92 Å². The topological polar surface area (TPSA) is 92.4 Å². The fourth-order valence-electron chi connectivity index (χ4n) is 1.81. The van der Waals surface area contributed by atoms with Gasteiger partial charge in [0.05, 0.1) is 5.92 Å². The van der Waals surface area contributed by atoms with Crippen molar-refractivity contribution in [2.24, 2.45) is 17.1 Å². The zero-order chi connectivity index (χ0) is 14.3. The van der Waals surface area contributed by atoms with Crippen LogP contribution in [0.3, 0.4) is 0 Å². The van der Waals surface area contributed by atoms with Crippen molar-refractivity contribution in [2.45, 2.75) is 53.0 Å². The summed E-state index contributed by atoms with van der Waals surface area (Å²) in [4.78, 5) is 22.4. The molecule has 0 rings (SSSR count). The largest absolute Gasteiger partial charge is 0.481 e. The Labute approximate surface area is 109 Å². The van der Waals surface area contributed by atoms with Crippen LogP contribution in [-0.2, 0) is 9.59 Å². The van der Waals surface area contributed by atoms with Crippen LogP contribution in [0, 0.1) is 11.3 Å². The predicted octanol–water partition coefficient (Wildman–Crippen LogP) is 1.37. The molecule has 0 bridgehead atoms. The van der Waals surface area contributed by atoms with Crippen LogP contribution in [0.5, 0.6) is 0 Å². The molecule has 0 aromatic rings. The monoisotopic (exact) mass is 258 g/mol. The van der Waals surface area contributed by atoms with Crippen molar-refractivity contribution in [3.8, 4) is 0 Å². The zero-order valence-corrected chi connectivity index (χ0v) is 11.8. The number of carbonyl (C=O) groups excluding carboxylic acids is 1. The van der Waals surface area contributed by atoms with Gasteiger partial charge < -0.3 is 16.2 Å². The first-order valence-electron chi connectivity index (χ1n) is 6.40. The smallest absolute Gasteiger partial charge is 0.308 e. The number of carboxylic acid groups (broad SMARTS) is 1. The number of hydrogen-bond acceptors (Lipinski definition) is 3. The van der Waals surface area contributed by atoms with Crippen molar-refractivity contribution in [1.29, 1.82) is 0 Å². The molecule has 18 heavy (non-hydrogen) atoms. The molecule has 5 heteroatoms. The second-order valence-electron chi connectivity index (χ2n) is 5.98. The van der Waals surface area contributed by atoms with Crippen LogP contribution in [0.4, 0.5) is 0 Å². The van der Waals surface area contributed by atoms with Gasteiger partial charge in [0, 0.05) is 19.0 Å². The van der Waals surface area contributed by atoms with E-state index in [0.717, 1.165) is 6.42 Å². The second-order valence-corrected chi connectivity index (χ2v) is 5.98. The number of aliphatic carboxylic acids is 1. The fraction of sp³-hybridized carbons (Fsp3) is 0.846. The molecule has 0 aliphatic rings. The number of nitrogens with one attached hydrogen (secondary N) is 1.